The molecule has 2 N–H and O–H groups in total. The fraction of sp³-hybridized carbons (Fsp3) is 0.588. The summed E-state index contributed by atoms with van der Waals surface area (Å²) < 4.78 is 0. The highest BCUT2D eigenvalue weighted by Crippen LogP contribution is 2.16. The summed E-state index contributed by atoms with van der Waals surface area (Å²) in [6.07, 6.45) is 3.90. The van der Waals surface area contributed by atoms with Crippen LogP contribution in [0.2, 0.25) is 0 Å². The van der Waals surface area contributed by atoms with Crippen molar-refractivity contribution in [1.82, 2.24) is 10.3 Å². The number of aryl methyl sites for hydroxylation is 1. The van der Waals surface area contributed by atoms with E-state index in [0.29, 0.717) is 19.1 Å². The summed E-state index contributed by atoms with van der Waals surface area (Å²) in [6, 6.07) is 4.74. The Morgan fingerprint density at radius 3 is 2.76 bits per heavy atom. The van der Waals surface area contributed by atoms with Crippen LogP contribution < -0.4 is 10.2 Å². The normalized spacial score (nSPS) is 10.9. The Labute approximate surface area is 128 Å². The van der Waals surface area contributed by atoms with Crippen LogP contribution in [0, 0.1) is 0 Å². The summed E-state index contributed by atoms with van der Waals surface area (Å²) >= 11 is 0. The maximum atomic E-state index is 9.23. The van der Waals surface area contributed by atoms with Crippen molar-refractivity contribution in [2.45, 2.75) is 46.2 Å². The largest absolute Gasteiger partial charge is 0.395 e. The van der Waals surface area contributed by atoms with Crippen molar-refractivity contribution in [3.05, 3.63) is 36.0 Å². The van der Waals surface area contributed by atoms with Gasteiger partial charge in [0.05, 0.1) is 6.61 Å². The Morgan fingerprint density at radius 1 is 1.43 bits per heavy atom. The average molecular weight is 291 g/mol. The van der Waals surface area contributed by atoms with Gasteiger partial charge in [0.15, 0.2) is 0 Å². The molecular formula is C17H29N3O. The fourth-order valence-electron chi connectivity index (χ4n) is 2.18. The molecule has 1 aromatic rings. The van der Waals surface area contributed by atoms with E-state index >= 15 is 0 Å². The lowest BCUT2D eigenvalue weighted by Crippen LogP contribution is -2.28. The highest BCUT2D eigenvalue weighted by molar-refractivity contribution is 5.43. The summed E-state index contributed by atoms with van der Waals surface area (Å²) in [5.41, 5.74) is 2.35. The SMILES string of the molecule is C=CCN(CCO)c1cc(CNC(C)C)cc(CCC)n1. The van der Waals surface area contributed by atoms with Crippen molar-refractivity contribution in [2.75, 3.05) is 24.6 Å². The van der Waals surface area contributed by atoms with Crippen molar-refractivity contribution in [3.63, 3.8) is 0 Å². The molecule has 0 aliphatic rings. The van der Waals surface area contributed by atoms with E-state index in [1.807, 2.05) is 6.08 Å². The van der Waals surface area contributed by atoms with Crippen LogP contribution >= 0.6 is 0 Å². The number of aromatic nitrogens is 1. The van der Waals surface area contributed by atoms with Crippen molar-refractivity contribution >= 4 is 5.82 Å². The van der Waals surface area contributed by atoms with Gasteiger partial charge >= 0.3 is 0 Å². The zero-order chi connectivity index (χ0) is 15.7. The molecule has 118 valence electrons. The molecule has 0 unspecified atom stereocenters. The molecule has 1 heterocycles. The summed E-state index contributed by atoms with van der Waals surface area (Å²) in [5.74, 6) is 0.926. The molecule has 1 rings (SSSR count). The Balaban J connectivity index is 3.00. The summed E-state index contributed by atoms with van der Waals surface area (Å²) in [5, 5.41) is 12.7. The average Bonchev–Trinajstić information content (AvgIpc) is 2.45. The van der Waals surface area contributed by atoms with E-state index in [0.717, 1.165) is 30.9 Å². The quantitative estimate of drug-likeness (QED) is 0.650. The third-order valence-corrected chi connectivity index (χ3v) is 3.19. The second kappa shape index (κ2) is 9.53. The topological polar surface area (TPSA) is 48.4 Å². The van der Waals surface area contributed by atoms with Gasteiger partial charge in [-0.25, -0.2) is 4.98 Å². The van der Waals surface area contributed by atoms with Crippen LogP contribution in [0.1, 0.15) is 38.4 Å². The second-order valence-corrected chi connectivity index (χ2v) is 5.57. The van der Waals surface area contributed by atoms with E-state index in [2.05, 4.69) is 49.7 Å². The third kappa shape index (κ3) is 6.27. The highest BCUT2D eigenvalue weighted by Gasteiger charge is 2.09. The molecule has 0 radical (unpaired) electrons. The maximum absolute atomic E-state index is 9.23. The zero-order valence-electron chi connectivity index (χ0n) is 13.6. The monoisotopic (exact) mass is 291 g/mol. The minimum atomic E-state index is 0.118. The molecule has 0 aliphatic heterocycles. The third-order valence-electron chi connectivity index (χ3n) is 3.19. The molecule has 0 atom stereocenters. The molecular weight excluding hydrogens is 262 g/mol. The Hall–Kier alpha value is -1.39. The molecule has 0 saturated heterocycles. The van der Waals surface area contributed by atoms with Crippen LogP contribution in [0.5, 0.6) is 0 Å². The van der Waals surface area contributed by atoms with Crippen LogP contribution in [0.25, 0.3) is 0 Å². The van der Waals surface area contributed by atoms with Gasteiger partial charge in [0.25, 0.3) is 0 Å². The van der Waals surface area contributed by atoms with Gasteiger partial charge in [0, 0.05) is 31.4 Å². The van der Waals surface area contributed by atoms with Gasteiger partial charge in [-0.15, -0.1) is 6.58 Å². The number of aliphatic hydroxyl groups excluding tert-OH is 1. The van der Waals surface area contributed by atoms with E-state index in [-0.39, 0.29) is 6.61 Å². The van der Waals surface area contributed by atoms with Crippen LogP contribution in [0.3, 0.4) is 0 Å². The van der Waals surface area contributed by atoms with Crippen LogP contribution in [-0.2, 0) is 13.0 Å². The zero-order valence-corrected chi connectivity index (χ0v) is 13.6. The van der Waals surface area contributed by atoms with Gasteiger partial charge in [0.2, 0.25) is 0 Å². The predicted molar refractivity (Wildman–Crippen MR) is 89.7 cm³/mol. The van der Waals surface area contributed by atoms with Gasteiger partial charge in [-0.3, -0.25) is 0 Å². The standard InChI is InChI=1S/C17H29N3O/c1-5-7-16-11-15(13-18-14(3)4)12-17(19-16)20(8-6-2)9-10-21/h6,11-12,14,18,21H,2,5,7-10,13H2,1,3-4H3. The van der Waals surface area contributed by atoms with Crippen LogP contribution in [0.15, 0.2) is 24.8 Å². The van der Waals surface area contributed by atoms with Gasteiger partial charge in [0.1, 0.15) is 5.82 Å². The lowest BCUT2D eigenvalue weighted by Gasteiger charge is -2.23. The van der Waals surface area contributed by atoms with E-state index in [1.54, 1.807) is 0 Å². The van der Waals surface area contributed by atoms with Crippen molar-refractivity contribution in [1.29, 1.82) is 0 Å². The molecule has 0 aliphatic carbocycles. The first-order chi connectivity index (χ1) is 10.1. The Bertz CT molecular complexity index is 432. The number of hydrogen-bond acceptors (Lipinski definition) is 4. The van der Waals surface area contributed by atoms with E-state index in [4.69, 9.17) is 4.98 Å². The molecule has 1 aromatic heterocycles. The van der Waals surface area contributed by atoms with Crippen molar-refractivity contribution < 1.29 is 5.11 Å². The number of nitrogens with one attached hydrogen (secondary N) is 1. The number of pyridine rings is 1. The smallest absolute Gasteiger partial charge is 0.129 e. The maximum Gasteiger partial charge on any atom is 0.129 e. The molecule has 0 aromatic carbocycles. The van der Waals surface area contributed by atoms with Crippen LogP contribution in [-0.4, -0.2) is 35.8 Å². The lowest BCUT2D eigenvalue weighted by molar-refractivity contribution is 0.302. The lowest BCUT2D eigenvalue weighted by atomic mass is 10.1. The van der Waals surface area contributed by atoms with E-state index in [9.17, 15) is 5.11 Å². The molecule has 4 heteroatoms. The summed E-state index contributed by atoms with van der Waals surface area (Å²) in [4.78, 5) is 6.79. The van der Waals surface area contributed by atoms with Crippen molar-refractivity contribution in [2.24, 2.45) is 0 Å². The first-order valence-corrected chi connectivity index (χ1v) is 7.80. The molecule has 0 fully saturated rings. The predicted octanol–water partition coefficient (Wildman–Crippen LogP) is 2.52. The van der Waals surface area contributed by atoms with Gasteiger partial charge < -0.3 is 15.3 Å². The molecule has 0 spiro atoms. The molecule has 4 nitrogen and oxygen atoms in total. The van der Waals surface area contributed by atoms with Crippen molar-refractivity contribution in [3.8, 4) is 0 Å². The highest BCUT2D eigenvalue weighted by atomic mass is 16.3. The Kier molecular flexibility index (Phi) is 8.01. The number of hydrogen-bond donors (Lipinski definition) is 2. The minimum Gasteiger partial charge on any atom is -0.395 e. The van der Waals surface area contributed by atoms with E-state index in [1.165, 1.54) is 5.56 Å². The van der Waals surface area contributed by atoms with Gasteiger partial charge in [-0.2, -0.15) is 0 Å². The Morgan fingerprint density at radius 2 is 2.19 bits per heavy atom. The number of anilines is 1. The first-order valence-electron chi connectivity index (χ1n) is 7.80. The van der Waals surface area contributed by atoms with Gasteiger partial charge in [-0.1, -0.05) is 33.3 Å². The molecule has 0 bridgehead atoms. The fourth-order valence-corrected chi connectivity index (χ4v) is 2.18. The van der Waals surface area contributed by atoms with Gasteiger partial charge in [-0.05, 0) is 24.1 Å². The summed E-state index contributed by atoms with van der Waals surface area (Å²) in [6.45, 7) is 12.5. The second-order valence-electron chi connectivity index (χ2n) is 5.57. The number of nitrogens with zero attached hydrogens (tertiary/aromatic N) is 2. The first kappa shape index (κ1) is 17.7. The van der Waals surface area contributed by atoms with Crippen LogP contribution in [0.4, 0.5) is 5.82 Å². The minimum absolute atomic E-state index is 0.118. The number of rotatable bonds is 10. The summed E-state index contributed by atoms with van der Waals surface area (Å²) in [7, 11) is 0. The molecule has 0 amide bonds. The number of aliphatic hydroxyl groups is 1. The molecule has 0 saturated carbocycles. The molecule has 21 heavy (non-hydrogen) atoms. The van der Waals surface area contributed by atoms with E-state index < -0.39 is 0 Å².